The van der Waals surface area contributed by atoms with Crippen LogP contribution >= 0.6 is 0 Å². The van der Waals surface area contributed by atoms with Gasteiger partial charge in [0.1, 0.15) is 5.75 Å². The Balaban J connectivity index is 1.95. The standard InChI is InChI=1S/C22H18O3/c1-15-9-8-10-16(2)20(15)24-22(17-11-4-3-5-12-17)19-14-7-6-13-18(19)21(23)25-22/h3-14H,1-2H3/t22-/m0/s1. The number of carbonyl (C=O) groups excluding carboxylic acids is 1. The van der Waals surface area contributed by atoms with Gasteiger partial charge >= 0.3 is 11.8 Å². The lowest BCUT2D eigenvalue weighted by Crippen LogP contribution is -2.35. The second-order valence-corrected chi connectivity index (χ2v) is 6.24. The highest BCUT2D eigenvalue weighted by atomic mass is 16.7. The number of fused-ring (bicyclic) bond motifs is 1. The Morgan fingerprint density at radius 2 is 1.44 bits per heavy atom. The zero-order chi connectivity index (χ0) is 17.4. The van der Waals surface area contributed by atoms with Crippen molar-refractivity contribution < 1.29 is 14.3 Å². The van der Waals surface area contributed by atoms with E-state index in [4.69, 9.17) is 9.47 Å². The summed E-state index contributed by atoms with van der Waals surface area (Å²) in [7, 11) is 0. The van der Waals surface area contributed by atoms with Crippen LogP contribution in [0.2, 0.25) is 0 Å². The topological polar surface area (TPSA) is 35.5 Å². The molecule has 0 bridgehead atoms. The Kier molecular flexibility index (Phi) is 3.57. The first-order valence-corrected chi connectivity index (χ1v) is 8.25. The number of hydrogen-bond acceptors (Lipinski definition) is 3. The van der Waals surface area contributed by atoms with Crippen LogP contribution in [0, 0.1) is 13.8 Å². The molecule has 1 aliphatic heterocycles. The highest BCUT2D eigenvalue weighted by Gasteiger charge is 2.49. The summed E-state index contributed by atoms with van der Waals surface area (Å²) in [4.78, 5) is 12.5. The number of aryl methyl sites for hydroxylation is 2. The van der Waals surface area contributed by atoms with Gasteiger partial charge < -0.3 is 9.47 Å². The molecule has 124 valence electrons. The van der Waals surface area contributed by atoms with Crippen LogP contribution in [0.5, 0.6) is 5.75 Å². The van der Waals surface area contributed by atoms with Gasteiger partial charge in [-0.25, -0.2) is 4.79 Å². The van der Waals surface area contributed by atoms with E-state index in [0.717, 1.165) is 28.0 Å². The van der Waals surface area contributed by atoms with Crippen molar-refractivity contribution in [1.29, 1.82) is 0 Å². The van der Waals surface area contributed by atoms with Crippen LogP contribution < -0.4 is 4.74 Å². The molecule has 0 saturated heterocycles. The number of cyclic esters (lactones) is 1. The van der Waals surface area contributed by atoms with Gasteiger partial charge in [0, 0.05) is 5.56 Å². The van der Waals surface area contributed by atoms with E-state index in [1.54, 1.807) is 6.07 Å². The number of carbonyl (C=O) groups is 1. The Bertz CT molecular complexity index is 926. The highest BCUT2D eigenvalue weighted by Crippen LogP contribution is 2.44. The zero-order valence-electron chi connectivity index (χ0n) is 14.2. The lowest BCUT2D eigenvalue weighted by atomic mass is 9.95. The Morgan fingerprint density at radius 1 is 0.800 bits per heavy atom. The number of rotatable bonds is 3. The summed E-state index contributed by atoms with van der Waals surface area (Å²) < 4.78 is 12.3. The molecule has 1 aliphatic rings. The average Bonchev–Trinajstić information content (AvgIpc) is 2.93. The summed E-state index contributed by atoms with van der Waals surface area (Å²) in [6.07, 6.45) is 0. The normalized spacial score (nSPS) is 18.6. The molecule has 0 aromatic heterocycles. The molecule has 3 aromatic rings. The summed E-state index contributed by atoms with van der Waals surface area (Å²) in [5.74, 6) is -0.909. The molecule has 0 amide bonds. The van der Waals surface area contributed by atoms with E-state index < -0.39 is 5.79 Å². The van der Waals surface area contributed by atoms with Gasteiger partial charge in [0.05, 0.1) is 11.1 Å². The predicted molar refractivity (Wildman–Crippen MR) is 95.6 cm³/mol. The summed E-state index contributed by atoms with van der Waals surface area (Å²) in [6, 6.07) is 23.0. The fraction of sp³-hybridized carbons (Fsp3) is 0.136. The molecule has 3 aromatic carbocycles. The fourth-order valence-electron chi connectivity index (χ4n) is 3.30. The molecule has 0 spiro atoms. The third-order valence-corrected chi connectivity index (χ3v) is 4.55. The molecule has 3 nitrogen and oxygen atoms in total. The summed E-state index contributed by atoms with van der Waals surface area (Å²) in [5.41, 5.74) is 4.05. The van der Waals surface area contributed by atoms with E-state index in [-0.39, 0.29) is 5.97 Å². The van der Waals surface area contributed by atoms with Crippen molar-refractivity contribution >= 4 is 5.97 Å². The minimum absolute atomic E-state index is 0.370. The number of hydrogen-bond donors (Lipinski definition) is 0. The van der Waals surface area contributed by atoms with Crippen LogP contribution in [0.4, 0.5) is 0 Å². The van der Waals surface area contributed by atoms with Gasteiger partial charge in [0.2, 0.25) is 0 Å². The second-order valence-electron chi connectivity index (χ2n) is 6.24. The van der Waals surface area contributed by atoms with Gasteiger partial charge in [-0.05, 0) is 37.1 Å². The van der Waals surface area contributed by atoms with Crippen molar-refractivity contribution in [1.82, 2.24) is 0 Å². The molecule has 0 unspecified atom stereocenters. The molecular formula is C22H18O3. The molecule has 0 radical (unpaired) electrons. The predicted octanol–water partition coefficient (Wildman–Crippen LogP) is 4.75. The molecule has 1 atom stereocenters. The van der Waals surface area contributed by atoms with E-state index in [2.05, 4.69) is 0 Å². The molecule has 0 fully saturated rings. The summed E-state index contributed by atoms with van der Waals surface area (Å²) >= 11 is 0. The molecule has 25 heavy (non-hydrogen) atoms. The molecule has 4 rings (SSSR count). The largest absolute Gasteiger partial charge is 0.444 e. The number of para-hydroxylation sites is 1. The van der Waals surface area contributed by atoms with Gasteiger partial charge in [0.25, 0.3) is 0 Å². The average molecular weight is 330 g/mol. The first-order chi connectivity index (χ1) is 12.1. The van der Waals surface area contributed by atoms with Crippen molar-refractivity contribution in [2.45, 2.75) is 19.6 Å². The molecule has 0 N–H and O–H groups in total. The third kappa shape index (κ3) is 2.40. The van der Waals surface area contributed by atoms with Crippen LogP contribution in [0.25, 0.3) is 0 Å². The van der Waals surface area contributed by atoms with E-state index in [9.17, 15) is 4.79 Å². The summed E-state index contributed by atoms with van der Waals surface area (Å²) in [5, 5.41) is 0. The maximum Gasteiger partial charge on any atom is 0.342 e. The van der Waals surface area contributed by atoms with E-state index >= 15 is 0 Å². The fourth-order valence-corrected chi connectivity index (χ4v) is 3.30. The van der Waals surface area contributed by atoms with Gasteiger partial charge in [-0.3, -0.25) is 0 Å². The molecule has 0 saturated carbocycles. The third-order valence-electron chi connectivity index (χ3n) is 4.55. The number of ether oxygens (including phenoxy) is 2. The van der Waals surface area contributed by atoms with Crippen LogP contribution in [-0.4, -0.2) is 5.97 Å². The first-order valence-electron chi connectivity index (χ1n) is 8.25. The summed E-state index contributed by atoms with van der Waals surface area (Å²) in [6.45, 7) is 3.98. The van der Waals surface area contributed by atoms with E-state index in [1.165, 1.54) is 0 Å². The first kappa shape index (κ1) is 15.5. The van der Waals surface area contributed by atoms with Crippen molar-refractivity contribution in [3.63, 3.8) is 0 Å². The second kappa shape index (κ2) is 5.78. The number of benzene rings is 3. The smallest absolute Gasteiger partial charge is 0.342 e. The highest BCUT2D eigenvalue weighted by molar-refractivity contribution is 5.95. The van der Waals surface area contributed by atoms with E-state index in [1.807, 2.05) is 80.6 Å². The van der Waals surface area contributed by atoms with E-state index in [0.29, 0.717) is 5.56 Å². The van der Waals surface area contributed by atoms with Crippen molar-refractivity contribution in [2.75, 3.05) is 0 Å². The maximum atomic E-state index is 12.5. The molecular weight excluding hydrogens is 312 g/mol. The van der Waals surface area contributed by atoms with Crippen LogP contribution in [0.15, 0.2) is 72.8 Å². The molecule has 3 heteroatoms. The van der Waals surface area contributed by atoms with Crippen molar-refractivity contribution in [3.05, 3.63) is 101 Å². The SMILES string of the molecule is Cc1cccc(C)c1O[C@@]1(c2ccccc2)OC(=O)c2ccccc21. The van der Waals surface area contributed by atoms with Gasteiger partial charge in [-0.15, -0.1) is 0 Å². The van der Waals surface area contributed by atoms with Crippen LogP contribution in [0.3, 0.4) is 0 Å². The molecule has 0 aliphatic carbocycles. The molecule has 1 heterocycles. The van der Waals surface area contributed by atoms with Crippen LogP contribution in [-0.2, 0) is 10.5 Å². The zero-order valence-corrected chi connectivity index (χ0v) is 14.2. The van der Waals surface area contributed by atoms with Crippen LogP contribution in [0.1, 0.15) is 32.6 Å². The Labute approximate surface area is 146 Å². The minimum Gasteiger partial charge on any atom is -0.444 e. The lowest BCUT2D eigenvalue weighted by molar-refractivity contribution is -0.109. The van der Waals surface area contributed by atoms with Gasteiger partial charge in [-0.1, -0.05) is 60.7 Å². The van der Waals surface area contributed by atoms with Crippen molar-refractivity contribution in [3.8, 4) is 5.75 Å². The monoisotopic (exact) mass is 330 g/mol. The number of esters is 1. The minimum atomic E-state index is -1.27. The van der Waals surface area contributed by atoms with Gasteiger partial charge in [0.15, 0.2) is 0 Å². The maximum absolute atomic E-state index is 12.5. The van der Waals surface area contributed by atoms with Crippen molar-refractivity contribution in [2.24, 2.45) is 0 Å². The van der Waals surface area contributed by atoms with Gasteiger partial charge in [-0.2, -0.15) is 0 Å². The lowest BCUT2D eigenvalue weighted by Gasteiger charge is -2.31. The Hall–Kier alpha value is -3.07. The quantitative estimate of drug-likeness (QED) is 0.650. The Morgan fingerprint density at radius 3 is 2.16 bits per heavy atom.